The SMILES string of the molecule is OB(O)c1cc(C2(OCC(F)(F)F)OOC23C2CC4CC(C2)CC3C4)ccc1Cl. The Balaban J connectivity index is 1.60. The van der Waals surface area contributed by atoms with Crippen molar-refractivity contribution < 1.29 is 37.7 Å². The van der Waals surface area contributed by atoms with Gasteiger partial charge < -0.3 is 14.8 Å². The lowest BCUT2D eigenvalue weighted by molar-refractivity contribution is -0.650. The van der Waals surface area contributed by atoms with Crippen molar-refractivity contribution in [2.45, 2.75) is 49.7 Å². The molecule has 0 amide bonds. The number of halogens is 4. The van der Waals surface area contributed by atoms with Crippen LogP contribution >= 0.6 is 11.6 Å². The average Bonchev–Trinajstić information content (AvgIpc) is 2.60. The zero-order chi connectivity index (χ0) is 20.6. The summed E-state index contributed by atoms with van der Waals surface area (Å²) in [4.78, 5) is 11.1. The van der Waals surface area contributed by atoms with Crippen LogP contribution in [0.2, 0.25) is 5.02 Å². The molecule has 6 rings (SSSR count). The number of rotatable bonds is 4. The predicted octanol–water partition coefficient (Wildman–Crippen LogP) is 2.91. The molecule has 0 radical (unpaired) electrons. The van der Waals surface area contributed by atoms with E-state index in [0.717, 1.165) is 25.7 Å². The summed E-state index contributed by atoms with van der Waals surface area (Å²) in [6, 6.07) is 4.27. The molecule has 5 fully saturated rings. The molecule has 1 aliphatic heterocycles. The first-order chi connectivity index (χ1) is 13.6. The predicted molar refractivity (Wildman–Crippen MR) is 96.9 cm³/mol. The molecule has 1 unspecified atom stereocenters. The molecule has 2 N–H and O–H groups in total. The summed E-state index contributed by atoms with van der Waals surface area (Å²) >= 11 is 6.04. The van der Waals surface area contributed by atoms with Gasteiger partial charge in [-0.2, -0.15) is 18.1 Å². The maximum absolute atomic E-state index is 13.1. The van der Waals surface area contributed by atoms with E-state index in [9.17, 15) is 23.2 Å². The van der Waals surface area contributed by atoms with Crippen molar-refractivity contribution in [1.29, 1.82) is 0 Å². The maximum Gasteiger partial charge on any atom is 0.489 e. The van der Waals surface area contributed by atoms with Crippen molar-refractivity contribution in [3.05, 3.63) is 28.8 Å². The zero-order valence-electron chi connectivity index (χ0n) is 15.5. The Bertz CT molecular complexity index is 792. The molecule has 10 heteroatoms. The van der Waals surface area contributed by atoms with Crippen molar-refractivity contribution in [1.82, 2.24) is 0 Å². The van der Waals surface area contributed by atoms with Gasteiger partial charge >= 0.3 is 13.3 Å². The molecule has 1 saturated heterocycles. The van der Waals surface area contributed by atoms with Gasteiger partial charge in [0.1, 0.15) is 6.61 Å². The summed E-state index contributed by atoms with van der Waals surface area (Å²) in [6.45, 7) is -1.50. The summed E-state index contributed by atoms with van der Waals surface area (Å²) in [5.41, 5.74) is -0.779. The van der Waals surface area contributed by atoms with Gasteiger partial charge in [-0.05, 0) is 61.8 Å². The van der Waals surface area contributed by atoms with Gasteiger partial charge in [0, 0.05) is 16.0 Å². The lowest BCUT2D eigenvalue weighted by atomic mass is 9.47. The molecule has 5 nitrogen and oxygen atoms in total. The van der Waals surface area contributed by atoms with Gasteiger partial charge in [0.2, 0.25) is 0 Å². The maximum atomic E-state index is 13.1. The van der Waals surface area contributed by atoms with E-state index in [1.165, 1.54) is 24.6 Å². The van der Waals surface area contributed by atoms with Crippen LogP contribution in [0.4, 0.5) is 13.2 Å². The number of alkyl halides is 3. The minimum atomic E-state index is -4.55. The Hall–Kier alpha value is -0.835. The van der Waals surface area contributed by atoms with Crippen molar-refractivity contribution in [2.24, 2.45) is 23.7 Å². The van der Waals surface area contributed by atoms with Crippen LogP contribution in [0.5, 0.6) is 0 Å². The summed E-state index contributed by atoms with van der Waals surface area (Å²) in [7, 11) is -1.88. The Morgan fingerprint density at radius 3 is 2.17 bits per heavy atom. The molecule has 4 aliphatic carbocycles. The van der Waals surface area contributed by atoms with Gasteiger partial charge in [0.15, 0.2) is 5.60 Å². The molecule has 1 aromatic carbocycles. The molecule has 0 aromatic heterocycles. The molecular weight excluding hydrogens is 411 g/mol. The summed E-state index contributed by atoms with van der Waals surface area (Å²) in [5.74, 6) is -0.586. The van der Waals surface area contributed by atoms with E-state index in [2.05, 4.69) is 0 Å². The fraction of sp³-hybridized carbons (Fsp3) is 0.684. The monoisotopic (exact) mass is 432 g/mol. The fourth-order valence-electron chi connectivity index (χ4n) is 6.40. The Labute approximate surface area is 171 Å². The van der Waals surface area contributed by atoms with Gasteiger partial charge in [-0.1, -0.05) is 23.7 Å². The van der Waals surface area contributed by atoms with E-state index < -0.39 is 31.3 Å². The standard InChI is InChI=1S/C19H21BClF3O5/c21-16-2-1-12(8-15(16)20(25)26)19(27-9-17(22,23)24)18(28-29-19)13-4-10-3-11(6-13)7-14(18)5-10/h1-2,8,10-11,13-14,25-26H,3-7,9H2. The average molecular weight is 433 g/mol. The molecule has 4 bridgehead atoms. The van der Waals surface area contributed by atoms with E-state index in [4.69, 9.17) is 26.1 Å². The second-order valence-electron chi connectivity index (χ2n) is 8.89. The largest absolute Gasteiger partial charge is 0.489 e. The molecule has 4 saturated carbocycles. The van der Waals surface area contributed by atoms with Crippen LogP contribution in [-0.2, 0) is 20.3 Å². The summed E-state index contributed by atoms with van der Waals surface area (Å²) < 4.78 is 44.9. The minimum absolute atomic E-state index is 0.0198. The van der Waals surface area contributed by atoms with Crippen LogP contribution < -0.4 is 5.46 Å². The highest BCUT2D eigenvalue weighted by molar-refractivity contribution is 6.62. The molecule has 1 atom stereocenters. The quantitative estimate of drug-likeness (QED) is 0.566. The third-order valence-corrected chi connectivity index (χ3v) is 7.60. The van der Waals surface area contributed by atoms with Crippen LogP contribution in [0.1, 0.15) is 37.7 Å². The lowest BCUT2D eigenvalue weighted by Crippen LogP contribution is -2.77. The molecule has 1 spiro atoms. The molecule has 158 valence electrons. The topological polar surface area (TPSA) is 68.2 Å². The smallest absolute Gasteiger partial charge is 0.423 e. The second kappa shape index (κ2) is 6.58. The van der Waals surface area contributed by atoms with Gasteiger partial charge in [0.25, 0.3) is 5.79 Å². The van der Waals surface area contributed by atoms with E-state index in [1.54, 1.807) is 0 Å². The number of hydrogen-bond donors (Lipinski definition) is 2. The first-order valence-corrected chi connectivity index (χ1v) is 10.3. The highest BCUT2D eigenvalue weighted by Crippen LogP contribution is 2.69. The first-order valence-electron chi connectivity index (χ1n) is 9.88. The van der Waals surface area contributed by atoms with Gasteiger partial charge in [-0.15, -0.1) is 0 Å². The number of ether oxygens (including phenoxy) is 1. The highest BCUT2D eigenvalue weighted by Gasteiger charge is 2.77. The molecule has 5 aliphatic rings. The van der Waals surface area contributed by atoms with E-state index >= 15 is 0 Å². The molecule has 29 heavy (non-hydrogen) atoms. The van der Waals surface area contributed by atoms with Crippen molar-refractivity contribution in [3.63, 3.8) is 0 Å². The third-order valence-electron chi connectivity index (χ3n) is 7.26. The Kier molecular flexibility index (Phi) is 4.56. The second-order valence-corrected chi connectivity index (χ2v) is 9.30. The van der Waals surface area contributed by atoms with Crippen molar-refractivity contribution >= 4 is 24.2 Å². The van der Waals surface area contributed by atoms with Gasteiger partial charge in [-0.3, -0.25) is 0 Å². The number of benzene rings is 1. The normalized spacial score (nSPS) is 40.3. The summed E-state index contributed by atoms with van der Waals surface area (Å²) in [6.07, 6.45) is 0.104. The molecule has 1 heterocycles. The van der Waals surface area contributed by atoms with Crippen LogP contribution in [0.25, 0.3) is 0 Å². The van der Waals surface area contributed by atoms with Crippen LogP contribution in [-0.4, -0.2) is 35.6 Å². The first kappa shape index (κ1) is 20.1. The number of hydrogen-bond acceptors (Lipinski definition) is 5. The third kappa shape index (κ3) is 2.89. The minimum Gasteiger partial charge on any atom is -0.423 e. The van der Waals surface area contributed by atoms with E-state index in [0.29, 0.717) is 11.8 Å². The van der Waals surface area contributed by atoms with Gasteiger partial charge in [-0.25, -0.2) is 4.89 Å². The molecular formula is C19H21BClF3O5. The van der Waals surface area contributed by atoms with Crippen LogP contribution in [0, 0.1) is 23.7 Å². The Morgan fingerprint density at radius 2 is 1.69 bits per heavy atom. The van der Waals surface area contributed by atoms with E-state index in [-0.39, 0.29) is 27.9 Å². The fourth-order valence-corrected chi connectivity index (χ4v) is 6.61. The lowest BCUT2D eigenvalue weighted by Gasteiger charge is -2.68. The highest BCUT2D eigenvalue weighted by atomic mass is 35.5. The van der Waals surface area contributed by atoms with Crippen LogP contribution in [0.15, 0.2) is 18.2 Å². The van der Waals surface area contributed by atoms with Crippen molar-refractivity contribution in [3.8, 4) is 0 Å². The van der Waals surface area contributed by atoms with E-state index in [1.807, 2.05) is 0 Å². The molecule has 1 aromatic rings. The zero-order valence-corrected chi connectivity index (χ0v) is 16.2. The van der Waals surface area contributed by atoms with Crippen molar-refractivity contribution in [2.75, 3.05) is 6.61 Å². The summed E-state index contributed by atoms with van der Waals surface area (Å²) in [5, 5.41) is 19.3. The van der Waals surface area contributed by atoms with Crippen LogP contribution in [0.3, 0.4) is 0 Å². The Morgan fingerprint density at radius 1 is 1.07 bits per heavy atom. The van der Waals surface area contributed by atoms with Gasteiger partial charge in [0.05, 0.1) is 0 Å².